The van der Waals surface area contributed by atoms with Crippen molar-refractivity contribution in [1.82, 2.24) is 20.0 Å². The van der Waals surface area contributed by atoms with E-state index in [4.69, 9.17) is 5.10 Å². The summed E-state index contributed by atoms with van der Waals surface area (Å²) in [4.78, 5) is 28.8. The summed E-state index contributed by atoms with van der Waals surface area (Å²) < 4.78 is 1.89. The molecule has 43 heavy (non-hydrogen) atoms. The van der Waals surface area contributed by atoms with Crippen molar-refractivity contribution in [2.24, 2.45) is 13.0 Å². The lowest BCUT2D eigenvalue weighted by Gasteiger charge is -2.38. The highest BCUT2D eigenvalue weighted by Gasteiger charge is 2.28. The minimum Gasteiger partial charge on any atom is -0.372 e. The molecule has 1 amide bonds. The van der Waals surface area contributed by atoms with Crippen molar-refractivity contribution in [3.05, 3.63) is 59.3 Å². The van der Waals surface area contributed by atoms with Crippen LogP contribution in [0.3, 0.4) is 0 Å². The molecule has 1 atom stereocenters. The Morgan fingerprint density at radius 3 is 2.37 bits per heavy atom. The van der Waals surface area contributed by atoms with E-state index in [9.17, 15) is 9.59 Å². The molecule has 0 bridgehead atoms. The highest BCUT2D eigenvalue weighted by molar-refractivity contribution is 5.91. The number of carbonyl (C=O) groups is 2. The number of nitrogens with one attached hydrogen (secondary N) is 1. The normalized spacial score (nSPS) is 17.4. The van der Waals surface area contributed by atoms with Crippen molar-refractivity contribution >= 4 is 28.8 Å². The zero-order valence-corrected chi connectivity index (χ0v) is 27.1. The standard InChI is InChI=1S/C32H43N5O2.C4H10/c1-23-6-4-7-27(20-23)37-17-11-24(12-18-37)22-36-15-13-25(14-16-36)26-9-10-28-30(21-26)35(3)34-31(28)29(8-5-19-38)32(39)33-2;1-3-4-2/h4,6-7,9-10,19-21,24-25,29H,5,8,11-18,22H2,1-3H3,(H,33,39);3-4H2,1-2H3. The molecule has 0 aliphatic carbocycles. The van der Waals surface area contributed by atoms with Gasteiger partial charge in [-0.15, -0.1) is 0 Å². The number of unbranched alkanes of at least 4 members (excludes halogenated alkanes) is 1. The third-order valence-electron chi connectivity index (χ3n) is 9.43. The van der Waals surface area contributed by atoms with E-state index in [-0.39, 0.29) is 5.91 Å². The number of aryl methyl sites for hydroxylation is 2. The number of likely N-dealkylation sites (N-methyl/N-ethyl adjacent to an activating group) is 1. The van der Waals surface area contributed by atoms with Gasteiger partial charge in [0.25, 0.3) is 0 Å². The second-order valence-electron chi connectivity index (χ2n) is 12.5. The molecule has 3 heterocycles. The van der Waals surface area contributed by atoms with E-state index in [0.717, 1.165) is 55.0 Å². The van der Waals surface area contributed by atoms with E-state index in [1.807, 2.05) is 11.7 Å². The minimum absolute atomic E-state index is 0.0888. The fourth-order valence-corrected chi connectivity index (χ4v) is 6.63. The molecule has 2 saturated heterocycles. The van der Waals surface area contributed by atoms with Crippen LogP contribution in [0.4, 0.5) is 5.69 Å². The average Bonchev–Trinajstić information content (AvgIpc) is 3.37. The molecular weight excluding hydrogens is 534 g/mol. The monoisotopic (exact) mass is 587 g/mol. The lowest BCUT2D eigenvalue weighted by molar-refractivity contribution is -0.122. The van der Waals surface area contributed by atoms with Gasteiger partial charge >= 0.3 is 0 Å². The Kier molecular flexibility index (Phi) is 12.2. The first kappa shape index (κ1) is 32.7. The van der Waals surface area contributed by atoms with Crippen LogP contribution in [-0.2, 0) is 16.6 Å². The van der Waals surface area contributed by atoms with Crippen molar-refractivity contribution in [3.63, 3.8) is 0 Å². The third-order valence-corrected chi connectivity index (χ3v) is 9.43. The molecule has 1 N–H and O–H groups in total. The lowest BCUT2D eigenvalue weighted by atomic mass is 9.87. The summed E-state index contributed by atoms with van der Waals surface area (Å²) in [5, 5.41) is 8.49. The predicted octanol–water partition coefficient (Wildman–Crippen LogP) is 6.59. The van der Waals surface area contributed by atoms with Gasteiger partial charge in [-0.25, -0.2) is 0 Å². The summed E-state index contributed by atoms with van der Waals surface area (Å²) in [6.07, 6.45) is 9.24. The number of hydrogen-bond acceptors (Lipinski definition) is 5. The molecule has 0 radical (unpaired) electrons. The maximum atomic E-state index is 12.6. The number of anilines is 1. The number of benzene rings is 2. The van der Waals surface area contributed by atoms with Gasteiger partial charge in [0.2, 0.25) is 5.91 Å². The maximum Gasteiger partial charge on any atom is 0.228 e. The van der Waals surface area contributed by atoms with Gasteiger partial charge in [-0.1, -0.05) is 51.0 Å². The number of fused-ring (bicyclic) bond motifs is 1. The summed E-state index contributed by atoms with van der Waals surface area (Å²) >= 11 is 0. The van der Waals surface area contributed by atoms with Crippen LogP contribution in [0.25, 0.3) is 10.9 Å². The molecule has 234 valence electrons. The van der Waals surface area contributed by atoms with E-state index in [2.05, 4.69) is 78.4 Å². The highest BCUT2D eigenvalue weighted by atomic mass is 16.1. The second-order valence-corrected chi connectivity index (χ2v) is 12.5. The van der Waals surface area contributed by atoms with Crippen molar-refractivity contribution in [1.29, 1.82) is 0 Å². The van der Waals surface area contributed by atoms with Crippen LogP contribution in [0.5, 0.6) is 0 Å². The maximum absolute atomic E-state index is 12.6. The largest absolute Gasteiger partial charge is 0.372 e. The fourth-order valence-electron chi connectivity index (χ4n) is 6.63. The molecule has 2 aromatic carbocycles. The molecule has 2 aliphatic rings. The molecule has 3 aromatic rings. The number of hydrogen-bond donors (Lipinski definition) is 1. The van der Waals surface area contributed by atoms with Crippen LogP contribution in [0.15, 0.2) is 42.5 Å². The number of nitrogens with zero attached hydrogens (tertiary/aromatic N) is 4. The molecule has 5 rings (SSSR count). The molecule has 1 unspecified atom stereocenters. The number of carbonyl (C=O) groups excluding carboxylic acids is 2. The zero-order valence-electron chi connectivity index (χ0n) is 27.1. The third kappa shape index (κ3) is 8.47. The number of rotatable bonds is 10. The SMILES string of the molecule is CCCC.CNC(=O)C(CCC=O)c1nn(C)c2cc(C3CCN(CC4CCN(c5cccc(C)c5)CC4)CC3)ccc12. The number of aromatic nitrogens is 2. The summed E-state index contributed by atoms with van der Waals surface area (Å²) in [5.74, 6) is 0.840. The average molecular weight is 588 g/mol. The second kappa shape index (κ2) is 16.0. The van der Waals surface area contributed by atoms with Crippen LogP contribution in [0.2, 0.25) is 0 Å². The van der Waals surface area contributed by atoms with E-state index < -0.39 is 5.92 Å². The fraction of sp³-hybridized carbons (Fsp3) is 0.583. The van der Waals surface area contributed by atoms with E-state index in [1.54, 1.807) is 7.05 Å². The first-order chi connectivity index (χ1) is 20.9. The van der Waals surface area contributed by atoms with Gasteiger partial charge in [-0.05, 0) is 93.3 Å². The predicted molar refractivity (Wildman–Crippen MR) is 178 cm³/mol. The summed E-state index contributed by atoms with van der Waals surface area (Å²) in [6.45, 7) is 12.4. The van der Waals surface area contributed by atoms with Crippen molar-refractivity contribution in [2.45, 2.75) is 84.0 Å². The Morgan fingerprint density at radius 2 is 1.74 bits per heavy atom. The Hall–Kier alpha value is -3.19. The van der Waals surface area contributed by atoms with Gasteiger partial charge < -0.3 is 19.9 Å². The number of likely N-dealkylation sites (tertiary alicyclic amines) is 1. The first-order valence-electron chi connectivity index (χ1n) is 16.5. The quantitative estimate of drug-likeness (QED) is 0.271. The van der Waals surface area contributed by atoms with Crippen molar-refractivity contribution in [2.75, 3.05) is 44.7 Å². The number of amides is 1. The van der Waals surface area contributed by atoms with E-state index >= 15 is 0 Å². The Labute approximate surface area is 259 Å². The van der Waals surface area contributed by atoms with Gasteiger partial charge in [0.05, 0.1) is 17.1 Å². The smallest absolute Gasteiger partial charge is 0.228 e. The molecule has 7 nitrogen and oxygen atoms in total. The van der Waals surface area contributed by atoms with E-state index in [0.29, 0.717) is 18.8 Å². The Morgan fingerprint density at radius 1 is 1.02 bits per heavy atom. The molecule has 2 fully saturated rings. The minimum atomic E-state index is -0.415. The number of piperidine rings is 2. The first-order valence-corrected chi connectivity index (χ1v) is 16.5. The molecule has 0 saturated carbocycles. The van der Waals surface area contributed by atoms with Crippen LogP contribution in [-0.4, -0.2) is 66.6 Å². The van der Waals surface area contributed by atoms with E-state index in [1.165, 1.54) is 61.9 Å². The number of aldehydes is 1. The molecule has 1 aromatic heterocycles. The van der Waals surface area contributed by atoms with Gasteiger partial charge in [0.1, 0.15) is 6.29 Å². The molecule has 7 heteroatoms. The Bertz CT molecular complexity index is 1320. The summed E-state index contributed by atoms with van der Waals surface area (Å²) in [7, 11) is 3.59. The molecular formula is C36H53N5O2. The van der Waals surface area contributed by atoms with Crippen LogP contribution in [0, 0.1) is 12.8 Å². The van der Waals surface area contributed by atoms with Gasteiger partial charge in [-0.2, -0.15) is 5.10 Å². The lowest BCUT2D eigenvalue weighted by Crippen LogP contribution is -2.41. The highest BCUT2D eigenvalue weighted by Crippen LogP contribution is 2.34. The summed E-state index contributed by atoms with van der Waals surface area (Å²) in [5.41, 5.74) is 5.90. The molecule has 2 aliphatic heterocycles. The van der Waals surface area contributed by atoms with Gasteiger partial charge in [0, 0.05) is 51.2 Å². The van der Waals surface area contributed by atoms with Crippen LogP contribution in [0.1, 0.15) is 93.9 Å². The summed E-state index contributed by atoms with van der Waals surface area (Å²) in [6, 6.07) is 15.5. The van der Waals surface area contributed by atoms with Crippen molar-refractivity contribution < 1.29 is 9.59 Å². The van der Waals surface area contributed by atoms with Crippen LogP contribution < -0.4 is 10.2 Å². The Balaban J connectivity index is 0.000000996. The van der Waals surface area contributed by atoms with Crippen LogP contribution >= 0.6 is 0 Å². The topological polar surface area (TPSA) is 70.5 Å². The van der Waals surface area contributed by atoms with Gasteiger partial charge in [0.15, 0.2) is 0 Å². The van der Waals surface area contributed by atoms with Crippen molar-refractivity contribution in [3.8, 4) is 0 Å². The molecule has 0 spiro atoms. The zero-order chi connectivity index (χ0) is 30.8. The van der Waals surface area contributed by atoms with Gasteiger partial charge in [-0.3, -0.25) is 9.48 Å².